The summed E-state index contributed by atoms with van der Waals surface area (Å²) in [5, 5.41) is 0.793. The van der Waals surface area contributed by atoms with E-state index < -0.39 is 0 Å². The minimum atomic E-state index is 0.793. The smallest absolute Gasteiger partial charge is 0.138 e. The predicted molar refractivity (Wildman–Crippen MR) is 117 cm³/mol. The maximum atomic E-state index is 6.14. The molecule has 5 heteroatoms. The highest BCUT2D eigenvalue weighted by Crippen LogP contribution is 2.26. The lowest BCUT2D eigenvalue weighted by molar-refractivity contribution is 0.653. The highest BCUT2D eigenvalue weighted by molar-refractivity contribution is 6.30. The van der Waals surface area contributed by atoms with Gasteiger partial charge in [0, 0.05) is 48.1 Å². The molecule has 0 saturated carbocycles. The van der Waals surface area contributed by atoms with E-state index >= 15 is 0 Å². The molecule has 0 spiro atoms. The normalized spacial score (nSPS) is 14.6. The van der Waals surface area contributed by atoms with E-state index in [-0.39, 0.29) is 0 Å². The summed E-state index contributed by atoms with van der Waals surface area (Å²) in [4.78, 5) is 12.9. The molecule has 1 aromatic heterocycles. The molecule has 0 aliphatic carbocycles. The summed E-state index contributed by atoms with van der Waals surface area (Å²) in [5.74, 6) is 0.915. The number of benzene rings is 3. The van der Waals surface area contributed by atoms with E-state index in [0.29, 0.717) is 0 Å². The third-order valence-electron chi connectivity index (χ3n) is 5.35. The molecule has 0 radical (unpaired) electrons. The first-order valence-corrected chi connectivity index (χ1v) is 9.95. The summed E-state index contributed by atoms with van der Waals surface area (Å²) in [6, 6.07) is 24.9. The van der Waals surface area contributed by atoms with Crippen LogP contribution in [-0.2, 0) is 0 Å². The van der Waals surface area contributed by atoms with E-state index in [1.807, 2.05) is 36.4 Å². The number of para-hydroxylation sites is 2. The highest BCUT2D eigenvalue weighted by Gasteiger charge is 2.18. The van der Waals surface area contributed by atoms with E-state index in [4.69, 9.17) is 11.6 Å². The molecule has 1 aliphatic rings. The maximum Gasteiger partial charge on any atom is 0.138 e. The molecule has 5 rings (SSSR count). The molecule has 1 saturated heterocycles. The number of H-pyrrole nitrogens is 1. The van der Waals surface area contributed by atoms with E-state index in [9.17, 15) is 0 Å². The van der Waals surface area contributed by atoms with Crippen LogP contribution in [0.15, 0.2) is 72.8 Å². The third kappa shape index (κ3) is 3.32. The largest absolute Gasteiger partial charge is 0.368 e. The molecule has 1 fully saturated rings. The van der Waals surface area contributed by atoms with Crippen molar-refractivity contribution in [3.63, 3.8) is 0 Å². The van der Waals surface area contributed by atoms with Gasteiger partial charge in [0.15, 0.2) is 0 Å². The lowest BCUT2D eigenvalue weighted by Crippen LogP contribution is -2.46. The van der Waals surface area contributed by atoms with Gasteiger partial charge in [0.05, 0.1) is 11.0 Å². The number of nitrogens with zero attached hydrogens (tertiary/aromatic N) is 3. The number of hydrogen-bond donors (Lipinski definition) is 1. The Hall–Kier alpha value is -2.98. The minimum absolute atomic E-state index is 0.793. The van der Waals surface area contributed by atoms with Crippen molar-refractivity contribution in [1.82, 2.24) is 9.97 Å². The fourth-order valence-electron chi connectivity index (χ4n) is 3.82. The third-order valence-corrected chi connectivity index (χ3v) is 5.58. The molecule has 2 heterocycles. The Bertz CT molecular complexity index is 1060. The first-order valence-electron chi connectivity index (χ1n) is 9.57. The Morgan fingerprint density at radius 1 is 0.750 bits per heavy atom. The second kappa shape index (κ2) is 7.21. The summed E-state index contributed by atoms with van der Waals surface area (Å²) in [7, 11) is 0. The number of halogens is 1. The standard InChI is InChI=1S/C23H21ClN4/c24-18-4-3-5-20(16-18)28-14-12-27(13-15-28)19-10-8-17(9-11-19)23-25-21-6-1-2-7-22(21)26-23/h1-11,16H,12-15H2,(H,25,26). The highest BCUT2D eigenvalue weighted by atomic mass is 35.5. The van der Waals surface area contributed by atoms with Crippen LogP contribution < -0.4 is 9.80 Å². The molecule has 1 N–H and O–H groups in total. The second-order valence-electron chi connectivity index (χ2n) is 7.10. The number of aromatic amines is 1. The molecule has 0 atom stereocenters. The average molecular weight is 389 g/mol. The Morgan fingerprint density at radius 3 is 2.18 bits per heavy atom. The number of aromatic nitrogens is 2. The molecule has 0 amide bonds. The van der Waals surface area contributed by atoms with E-state index in [1.165, 1.54) is 11.4 Å². The fraction of sp³-hybridized carbons (Fsp3) is 0.174. The zero-order chi connectivity index (χ0) is 18.9. The molecule has 1 aliphatic heterocycles. The van der Waals surface area contributed by atoms with Crippen molar-refractivity contribution in [3.05, 3.63) is 77.8 Å². The van der Waals surface area contributed by atoms with Gasteiger partial charge in [-0.1, -0.05) is 29.8 Å². The second-order valence-corrected chi connectivity index (χ2v) is 7.54. The summed E-state index contributed by atoms with van der Waals surface area (Å²) < 4.78 is 0. The van der Waals surface area contributed by atoms with Gasteiger partial charge < -0.3 is 14.8 Å². The van der Waals surface area contributed by atoms with Crippen LogP contribution in [0.1, 0.15) is 0 Å². The first kappa shape index (κ1) is 17.1. The minimum Gasteiger partial charge on any atom is -0.368 e. The number of rotatable bonds is 3. The van der Waals surface area contributed by atoms with Gasteiger partial charge in [-0.2, -0.15) is 0 Å². The Labute approximate surface area is 169 Å². The Kier molecular flexibility index (Phi) is 4.41. The summed E-state index contributed by atoms with van der Waals surface area (Å²) in [6.07, 6.45) is 0. The number of anilines is 2. The monoisotopic (exact) mass is 388 g/mol. The van der Waals surface area contributed by atoms with Gasteiger partial charge in [0.1, 0.15) is 5.82 Å². The van der Waals surface area contributed by atoms with Gasteiger partial charge in [-0.05, 0) is 54.6 Å². The maximum absolute atomic E-state index is 6.14. The molecule has 0 bridgehead atoms. The quantitative estimate of drug-likeness (QED) is 0.523. The van der Waals surface area contributed by atoms with Crippen molar-refractivity contribution < 1.29 is 0 Å². The van der Waals surface area contributed by atoms with Crippen molar-refractivity contribution in [2.75, 3.05) is 36.0 Å². The number of fused-ring (bicyclic) bond motifs is 1. The number of piperazine rings is 1. The van der Waals surface area contributed by atoms with Gasteiger partial charge >= 0.3 is 0 Å². The predicted octanol–water partition coefficient (Wildman–Crippen LogP) is 5.21. The average Bonchev–Trinajstić information content (AvgIpc) is 3.18. The van der Waals surface area contributed by atoms with Crippen LogP contribution in [0.5, 0.6) is 0 Å². The van der Waals surface area contributed by atoms with Crippen LogP contribution in [-0.4, -0.2) is 36.1 Å². The summed E-state index contributed by atoms with van der Waals surface area (Å²) >= 11 is 6.14. The Balaban J connectivity index is 1.29. The number of imidazole rings is 1. The van der Waals surface area contributed by atoms with Crippen LogP contribution >= 0.6 is 11.6 Å². The number of hydrogen-bond acceptors (Lipinski definition) is 3. The van der Waals surface area contributed by atoms with Crippen molar-refractivity contribution in [1.29, 1.82) is 0 Å². The lowest BCUT2D eigenvalue weighted by Gasteiger charge is -2.37. The van der Waals surface area contributed by atoms with Crippen LogP contribution in [0.25, 0.3) is 22.4 Å². The van der Waals surface area contributed by atoms with Gasteiger partial charge in [-0.15, -0.1) is 0 Å². The fourth-order valence-corrected chi connectivity index (χ4v) is 4.00. The molecule has 140 valence electrons. The van der Waals surface area contributed by atoms with Crippen LogP contribution in [0.3, 0.4) is 0 Å². The Morgan fingerprint density at radius 2 is 1.46 bits per heavy atom. The first-order chi connectivity index (χ1) is 13.8. The van der Waals surface area contributed by atoms with E-state index in [0.717, 1.165) is 53.6 Å². The van der Waals surface area contributed by atoms with E-state index in [2.05, 4.69) is 56.2 Å². The molecule has 4 nitrogen and oxygen atoms in total. The van der Waals surface area contributed by atoms with Crippen molar-refractivity contribution >= 4 is 34.0 Å². The van der Waals surface area contributed by atoms with Crippen LogP contribution in [0.4, 0.5) is 11.4 Å². The molecule has 4 aromatic rings. The van der Waals surface area contributed by atoms with E-state index in [1.54, 1.807) is 0 Å². The van der Waals surface area contributed by atoms with Crippen molar-refractivity contribution in [2.45, 2.75) is 0 Å². The zero-order valence-corrected chi connectivity index (χ0v) is 16.2. The van der Waals surface area contributed by atoms with Crippen molar-refractivity contribution in [2.24, 2.45) is 0 Å². The lowest BCUT2D eigenvalue weighted by atomic mass is 10.1. The van der Waals surface area contributed by atoms with Crippen LogP contribution in [0, 0.1) is 0 Å². The topological polar surface area (TPSA) is 35.2 Å². The molecule has 3 aromatic carbocycles. The SMILES string of the molecule is Clc1cccc(N2CCN(c3ccc(-c4nc5ccccc5[nH]4)cc3)CC2)c1. The van der Waals surface area contributed by atoms with Gasteiger partial charge in [-0.25, -0.2) is 4.98 Å². The number of nitrogens with one attached hydrogen (secondary N) is 1. The van der Waals surface area contributed by atoms with Crippen LogP contribution in [0.2, 0.25) is 5.02 Å². The molecular formula is C23H21ClN4. The summed E-state index contributed by atoms with van der Waals surface area (Å²) in [6.45, 7) is 3.98. The zero-order valence-electron chi connectivity index (χ0n) is 15.5. The van der Waals surface area contributed by atoms with Gasteiger partial charge in [0.25, 0.3) is 0 Å². The molecule has 0 unspecified atom stereocenters. The molecular weight excluding hydrogens is 368 g/mol. The van der Waals surface area contributed by atoms with Gasteiger partial charge in [0.2, 0.25) is 0 Å². The molecule has 28 heavy (non-hydrogen) atoms. The summed E-state index contributed by atoms with van der Waals surface area (Å²) in [5.41, 5.74) is 5.63. The van der Waals surface area contributed by atoms with Gasteiger partial charge in [-0.3, -0.25) is 0 Å². The van der Waals surface area contributed by atoms with Crippen molar-refractivity contribution in [3.8, 4) is 11.4 Å².